The number of hydroxylamine groups is 2. The summed E-state index contributed by atoms with van der Waals surface area (Å²) < 4.78 is 31.4. The van der Waals surface area contributed by atoms with E-state index in [1.807, 2.05) is 0 Å². The maximum atomic E-state index is 12.9. The predicted octanol–water partition coefficient (Wildman–Crippen LogP) is -1.61. The van der Waals surface area contributed by atoms with Crippen LogP contribution in [0.1, 0.15) is 35.2 Å². The number of fused-ring (bicyclic) bond motifs is 1. The highest BCUT2D eigenvalue weighted by molar-refractivity contribution is 7.87. The van der Waals surface area contributed by atoms with E-state index >= 15 is 0 Å². The van der Waals surface area contributed by atoms with Crippen molar-refractivity contribution in [2.24, 2.45) is 0 Å². The third-order valence-electron chi connectivity index (χ3n) is 6.48. The molecule has 1 aromatic rings. The molecule has 1 atom stereocenters. The van der Waals surface area contributed by atoms with E-state index in [-0.39, 0.29) is 42.4 Å². The number of rotatable bonds is 10. The zero-order chi connectivity index (χ0) is 30.9. The van der Waals surface area contributed by atoms with Crippen molar-refractivity contribution in [2.45, 2.75) is 30.9 Å². The Hall–Kier alpha value is -5.04. The molecule has 1 aromatic carbocycles. The van der Waals surface area contributed by atoms with Crippen LogP contribution in [0.15, 0.2) is 24.3 Å². The minimum atomic E-state index is -4.92. The first kappa shape index (κ1) is 29.9. The van der Waals surface area contributed by atoms with Crippen molar-refractivity contribution in [3.8, 4) is 0 Å². The fourth-order valence-corrected chi connectivity index (χ4v) is 5.18. The van der Waals surface area contributed by atoms with Crippen molar-refractivity contribution in [2.75, 3.05) is 24.5 Å². The summed E-state index contributed by atoms with van der Waals surface area (Å²) in [6.07, 6.45) is 0.0992. The number of benzene rings is 1. The fraction of sp³-hybridized carbons (Fsp3) is 0.348. The molecule has 0 bridgehead atoms. The Morgan fingerprint density at radius 1 is 1.10 bits per heavy atom. The molecular weight excluding hydrogens is 586 g/mol. The summed E-state index contributed by atoms with van der Waals surface area (Å²) in [6, 6.07) is 2.31. The first-order valence-electron chi connectivity index (χ1n) is 12.2. The molecule has 3 aliphatic heterocycles. The fourth-order valence-electron chi connectivity index (χ4n) is 4.48. The number of carbonyl (C=O) groups excluding carboxylic acids is 7. The molecule has 3 heterocycles. The van der Waals surface area contributed by atoms with Crippen LogP contribution in [0.4, 0.5) is 11.4 Å². The molecule has 1 unspecified atom stereocenters. The lowest BCUT2D eigenvalue weighted by molar-refractivity contribution is -0.384. The first-order chi connectivity index (χ1) is 19.7. The van der Waals surface area contributed by atoms with Gasteiger partial charge < -0.3 is 15.1 Å². The molecule has 4 rings (SSSR count). The molecule has 6 amide bonds. The molecule has 1 saturated heterocycles. The Labute approximate surface area is 235 Å². The zero-order valence-corrected chi connectivity index (χ0v) is 22.2. The number of imide groups is 2. The normalized spacial score (nSPS) is 18.1. The van der Waals surface area contributed by atoms with Gasteiger partial charge in [-0.2, -0.15) is 8.42 Å². The van der Waals surface area contributed by atoms with Crippen molar-refractivity contribution >= 4 is 62.9 Å². The summed E-state index contributed by atoms with van der Waals surface area (Å²) in [5.41, 5.74) is -0.456. The largest absolute Gasteiger partial charge is 0.350 e. The number of nitro benzene ring substituents is 1. The summed E-state index contributed by atoms with van der Waals surface area (Å²) in [4.78, 5) is 102. The number of nitrogens with zero attached hydrogens (tertiary/aromatic N) is 4. The summed E-state index contributed by atoms with van der Waals surface area (Å²) >= 11 is 0. The van der Waals surface area contributed by atoms with Crippen LogP contribution in [-0.2, 0) is 50.1 Å². The highest BCUT2D eigenvalue weighted by atomic mass is 32.2. The molecule has 222 valence electrons. The summed E-state index contributed by atoms with van der Waals surface area (Å²) in [5.74, 6) is -6.47. The van der Waals surface area contributed by atoms with Crippen molar-refractivity contribution in [1.82, 2.24) is 15.3 Å². The van der Waals surface area contributed by atoms with Gasteiger partial charge in [-0.3, -0.25) is 48.3 Å². The van der Waals surface area contributed by atoms with Gasteiger partial charge in [-0.15, -0.1) is 5.06 Å². The molecule has 0 aliphatic carbocycles. The van der Waals surface area contributed by atoms with E-state index < -0.39 is 86.7 Å². The quantitative estimate of drug-likeness (QED) is 0.132. The van der Waals surface area contributed by atoms with Crippen molar-refractivity contribution in [3.05, 3.63) is 45.5 Å². The van der Waals surface area contributed by atoms with Crippen LogP contribution in [0.2, 0.25) is 0 Å². The maximum absolute atomic E-state index is 12.9. The predicted molar refractivity (Wildman–Crippen MR) is 134 cm³/mol. The topological polar surface area (TPSA) is 248 Å². The van der Waals surface area contributed by atoms with Crippen LogP contribution in [0.5, 0.6) is 0 Å². The Morgan fingerprint density at radius 2 is 1.76 bits per heavy atom. The van der Waals surface area contributed by atoms with Crippen molar-refractivity contribution < 1.29 is 56.3 Å². The van der Waals surface area contributed by atoms with Crippen LogP contribution < -0.4 is 10.2 Å². The van der Waals surface area contributed by atoms with E-state index in [4.69, 9.17) is 4.55 Å². The Morgan fingerprint density at radius 3 is 2.36 bits per heavy atom. The van der Waals surface area contributed by atoms with Crippen LogP contribution >= 0.6 is 0 Å². The standard InChI is InChI=1S/C23H21N5O13S/c29-16-1-2-17(30)25(16)8-6-24-22(34)13-9-12-5-7-26(21(12)14(10-13)28(36)37)18(31)3-4-20(33)41-27-19(32)11-15(23(27)35)42(38,39)40/h1-2,9-10,15H,3-8,11H2,(H,24,34)(H,38,39,40). The number of nitrogens with one attached hydrogen (secondary N) is 1. The molecule has 0 radical (unpaired) electrons. The van der Waals surface area contributed by atoms with Gasteiger partial charge in [-0.05, 0) is 18.1 Å². The highest BCUT2D eigenvalue weighted by Gasteiger charge is 2.48. The lowest BCUT2D eigenvalue weighted by Gasteiger charge is -2.18. The van der Waals surface area contributed by atoms with E-state index in [1.54, 1.807) is 0 Å². The van der Waals surface area contributed by atoms with Gasteiger partial charge in [0.05, 0.1) is 17.8 Å². The third kappa shape index (κ3) is 6.00. The number of hydrogen-bond acceptors (Lipinski definition) is 12. The van der Waals surface area contributed by atoms with Crippen LogP contribution in [0, 0.1) is 10.1 Å². The van der Waals surface area contributed by atoms with Gasteiger partial charge in [0.2, 0.25) is 5.91 Å². The average molecular weight is 608 g/mol. The Kier molecular flexibility index (Phi) is 8.16. The average Bonchev–Trinajstić information content (AvgIpc) is 3.58. The summed E-state index contributed by atoms with van der Waals surface area (Å²) in [5, 5.41) is 12.1. The molecule has 0 spiro atoms. The number of hydrogen-bond donors (Lipinski definition) is 2. The van der Waals surface area contributed by atoms with Crippen molar-refractivity contribution in [1.29, 1.82) is 0 Å². The number of amides is 6. The number of anilines is 1. The molecule has 18 nitrogen and oxygen atoms in total. The molecule has 42 heavy (non-hydrogen) atoms. The number of nitro groups is 1. The van der Waals surface area contributed by atoms with Gasteiger partial charge in [0.1, 0.15) is 5.69 Å². The highest BCUT2D eigenvalue weighted by Crippen LogP contribution is 2.38. The molecular formula is C23H21N5O13S. The van der Waals surface area contributed by atoms with E-state index in [2.05, 4.69) is 10.2 Å². The zero-order valence-electron chi connectivity index (χ0n) is 21.4. The van der Waals surface area contributed by atoms with Gasteiger partial charge in [-0.1, -0.05) is 0 Å². The van der Waals surface area contributed by atoms with E-state index in [1.165, 1.54) is 6.07 Å². The van der Waals surface area contributed by atoms with Crippen LogP contribution in [0.3, 0.4) is 0 Å². The maximum Gasteiger partial charge on any atom is 0.333 e. The molecule has 0 aromatic heterocycles. The van der Waals surface area contributed by atoms with Gasteiger partial charge in [0.25, 0.3) is 45.3 Å². The van der Waals surface area contributed by atoms with Gasteiger partial charge >= 0.3 is 5.97 Å². The monoisotopic (exact) mass is 607 g/mol. The molecule has 2 N–H and O–H groups in total. The van der Waals surface area contributed by atoms with Crippen molar-refractivity contribution in [3.63, 3.8) is 0 Å². The summed E-state index contributed by atoms with van der Waals surface area (Å²) in [7, 11) is -4.92. The molecule has 19 heteroatoms. The molecule has 3 aliphatic rings. The first-order valence-corrected chi connectivity index (χ1v) is 13.7. The Bertz CT molecular complexity index is 1570. The Balaban J connectivity index is 1.38. The van der Waals surface area contributed by atoms with E-state index in [0.29, 0.717) is 5.56 Å². The molecule has 0 saturated carbocycles. The second kappa shape index (κ2) is 11.4. The smallest absolute Gasteiger partial charge is 0.333 e. The SMILES string of the molecule is O=C(CCC(=O)N1CCc2cc(C(=O)NCCN3C(=O)C=CC3=O)cc([N+](=O)[O-])c21)ON1C(=O)CC(S(=O)(=O)O)C1=O. The van der Waals surface area contributed by atoms with E-state index in [0.717, 1.165) is 28.0 Å². The second-order valence-electron chi connectivity index (χ2n) is 9.17. The second-order valence-corrected chi connectivity index (χ2v) is 10.8. The minimum absolute atomic E-state index is 0.0273. The summed E-state index contributed by atoms with van der Waals surface area (Å²) in [6.45, 7) is -0.259. The molecule has 1 fully saturated rings. The van der Waals surface area contributed by atoms with Gasteiger partial charge in [0, 0.05) is 49.8 Å². The van der Waals surface area contributed by atoms with Gasteiger partial charge in [-0.25, -0.2) is 4.79 Å². The minimum Gasteiger partial charge on any atom is -0.350 e. The lowest BCUT2D eigenvalue weighted by Crippen LogP contribution is -2.38. The van der Waals surface area contributed by atoms with Crippen LogP contribution in [0.25, 0.3) is 0 Å². The van der Waals surface area contributed by atoms with Gasteiger partial charge in [0.15, 0.2) is 5.25 Å². The van der Waals surface area contributed by atoms with Crippen LogP contribution in [-0.4, -0.2) is 94.2 Å². The lowest BCUT2D eigenvalue weighted by atomic mass is 10.1. The number of carbonyl (C=O) groups is 7. The van der Waals surface area contributed by atoms with E-state index in [9.17, 15) is 52.1 Å². The third-order valence-corrected chi connectivity index (χ3v) is 7.57.